The summed E-state index contributed by atoms with van der Waals surface area (Å²) < 4.78 is 5.71. The molecular weight excluding hydrogens is 360 g/mol. The second-order valence-corrected chi connectivity index (χ2v) is 6.92. The summed E-state index contributed by atoms with van der Waals surface area (Å²) in [5.74, 6) is -0.845. The van der Waals surface area contributed by atoms with Crippen molar-refractivity contribution in [2.24, 2.45) is 0 Å². The number of aliphatic hydroxyl groups excluding tert-OH is 3. The fourth-order valence-electron chi connectivity index (χ4n) is 2.87. The number of hydrogen-bond acceptors (Lipinski definition) is 5. The molecule has 0 bridgehead atoms. The molecule has 5 atom stereocenters. The third-order valence-corrected chi connectivity index (χ3v) is 4.44. The van der Waals surface area contributed by atoms with Crippen LogP contribution in [-0.2, 0) is 9.53 Å². The van der Waals surface area contributed by atoms with Gasteiger partial charge in [-0.25, -0.2) is 0 Å². The zero-order valence-corrected chi connectivity index (χ0v) is 16.6. The first-order valence-corrected chi connectivity index (χ1v) is 9.98. The van der Waals surface area contributed by atoms with Gasteiger partial charge in [-0.15, -0.1) is 0 Å². The highest BCUT2D eigenvalue weighted by molar-refractivity contribution is 5.66. The molecule has 0 amide bonds. The molecule has 0 radical (unpaired) electrons. The van der Waals surface area contributed by atoms with E-state index in [9.17, 15) is 20.1 Å². The Bertz CT molecular complexity index is 551. The van der Waals surface area contributed by atoms with Crippen LogP contribution in [0.2, 0.25) is 0 Å². The molecule has 4 N–H and O–H groups in total. The lowest BCUT2D eigenvalue weighted by atomic mass is 10.0. The Hall–Kier alpha value is -1.73. The Labute approximate surface area is 167 Å². The van der Waals surface area contributed by atoms with Crippen molar-refractivity contribution in [2.45, 2.75) is 82.4 Å². The van der Waals surface area contributed by atoms with Gasteiger partial charge in [0, 0.05) is 12.8 Å². The molecule has 1 aliphatic heterocycles. The molecule has 6 nitrogen and oxygen atoms in total. The second-order valence-electron chi connectivity index (χ2n) is 6.92. The average molecular weight is 395 g/mol. The highest BCUT2D eigenvalue weighted by atomic mass is 16.5. The fourth-order valence-corrected chi connectivity index (χ4v) is 2.87. The summed E-state index contributed by atoms with van der Waals surface area (Å²) in [5, 5.41) is 38.8. The lowest BCUT2D eigenvalue weighted by molar-refractivity contribution is -0.136. The topological polar surface area (TPSA) is 107 Å². The maximum Gasteiger partial charge on any atom is 0.303 e. The van der Waals surface area contributed by atoms with E-state index in [-0.39, 0.29) is 6.42 Å². The van der Waals surface area contributed by atoms with Gasteiger partial charge in [0.2, 0.25) is 0 Å². The monoisotopic (exact) mass is 394 g/mol. The Morgan fingerprint density at radius 3 is 2.57 bits per heavy atom. The number of aliphatic carboxylic acids is 1. The third kappa shape index (κ3) is 10.6. The fraction of sp³-hybridized carbons (Fsp3) is 0.591. The van der Waals surface area contributed by atoms with E-state index < -0.39 is 36.5 Å². The van der Waals surface area contributed by atoms with Gasteiger partial charge in [0.25, 0.3) is 0 Å². The van der Waals surface area contributed by atoms with E-state index in [1.807, 2.05) is 12.2 Å². The van der Waals surface area contributed by atoms with E-state index in [4.69, 9.17) is 9.84 Å². The standard InChI is InChI=1S/C22H34O6/c1-2-3-4-5-6-8-11-17(23)14-15-18(24)21-16-19(25)20(28-21)12-9-7-10-13-22(26)27/h3-4,6-9,14-15,17-21,23-25H,2,5,10-13,16H2,1H3,(H,26,27)/b4-3-,8-6-,9-7-,15-14+/t17-,18-,19+,20+,21-/m1/s1. The van der Waals surface area contributed by atoms with Crippen molar-refractivity contribution in [3.8, 4) is 0 Å². The highest BCUT2D eigenvalue weighted by Gasteiger charge is 2.36. The van der Waals surface area contributed by atoms with Gasteiger partial charge in [-0.2, -0.15) is 0 Å². The van der Waals surface area contributed by atoms with Gasteiger partial charge >= 0.3 is 5.97 Å². The molecule has 158 valence electrons. The van der Waals surface area contributed by atoms with Crippen molar-refractivity contribution in [1.29, 1.82) is 0 Å². The molecule has 1 fully saturated rings. The Kier molecular flexibility index (Phi) is 12.4. The summed E-state index contributed by atoms with van der Waals surface area (Å²) in [6.07, 6.45) is 15.1. The maximum atomic E-state index is 10.5. The number of rotatable bonds is 13. The van der Waals surface area contributed by atoms with Crippen LogP contribution in [0.5, 0.6) is 0 Å². The zero-order valence-electron chi connectivity index (χ0n) is 16.6. The van der Waals surface area contributed by atoms with Gasteiger partial charge in [-0.05, 0) is 32.1 Å². The van der Waals surface area contributed by atoms with E-state index in [1.165, 1.54) is 6.08 Å². The molecule has 0 aromatic rings. The number of ether oxygens (including phenoxy) is 1. The number of carboxylic acids is 1. The van der Waals surface area contributed by atoms with Crippen LogP contribution in [0.15, 0.2) is 48.6 Å². The smallest absolute Gasteiger partial charge is 0.303 e. The van der Waals surface area contributed by atoms with Crippen molar-refractivity contribution in [1.82, 2.24) is 0 Å². The quantitative estimate of drug-likeness (QED) is 0.358. The molecule has 0 aromatic carbocycles. The number of allylic oxidation sites excluding steroid dienone is 4. The summed E-state index contributed by atoms with van der Waals surface area (Å²) in [4.78, 5) is 10.5. The molecule has 1 heterocycles. The SMILES string of the molecule is CC/C=C\C/C=C\C[C@@H](O)/C=C/[C@@H](O)[C@H]1C[C@H](O)[C@H](C/C=C\CCC(=O)O)O1. The van der Waals surface area contributed by atoms with Crippen molar-refractivity contribution in [3.63, 3.8) is 0 Å². The summed E-state index contributed by atoms with van der Waals surface area (Å²) in [5.41, 5.74) is 0. The Balaban J connectivity index is 2.33. The highest BCUT2D eigenvalue weighted by Crippen LogP contribution is 2.26. The Morgan fingerprint density at radius 2 is 1.86 bits per heavy atom. The first-order chi connectivity index (χ1) is 13.4. The molecule has 0 aromatic heterocycles. The zero-order chi connectivity index (χ0) is 20.8. The van der Waals surface area contributed by atoms with E-state index in [1.54, 1.807) is 18.2 Å². The third-order valence-electron chi connectivity index (χ3n) is 4.44. The molecule has 1 rings (SSSR count). The molecular formula is C22H34O6. The minimum Gasteiger partial charge on any atom is -0.481 e. The van der Waals surface area contributed by atoms with E-state index in [0.717, 1.165) is 12.8 Å². The van der Waals surface area contributed by atoms with Gasteiger partial charge < -0.3 is 25.2 Å². The maximum absolute atomic E-state index is 10.5. The predicted octanol–water partition coefficient (Wildman–Crippen LogP) is 2.90. The van der Waals surface area contributed by atoms with E-state index in [0.29, 0.717) is 25.7 Å². The van der Waals surface area contributed by atoms with Crippen LogP contribution in [0.4, 0.5) is 0 Å². The summed E-state index contributed by atoms with van der Waals surface area (Å²) >= 11 is 0. The van der Waals surface area contributed by atoms with Crippen LogP contribution in [-0.4, -0.2) is 56.9 Å². The molecule has 0 aliphatic carbocycles. The van der Waals surface area contributed by atoms with Crippen molar-refractivity contribution in [2.75, 3.05) is 0 Å². The Morgan fingerprint density at radius 1 is 1.11 bits per heavy atom. The van der Waals surface area contributed by atoms with Crippen molar-refractivity contribution >= 4 is 5.97 Å². The number of aliphatic hydroxyl groups is 3. The number of carbonyl (C=O) groups is 1. The molecule has 28 heavy (non-hydrogen) atoms. The first kappa shape index (κ1) is 24.3. The normalized spacial score (nSPS) is 25.5. The van der Waals surface area contributed by atoms with Crippen molar-refractivity contribution < 1.29 is 30.0 Å². The first-order valence-electron chi connectivity index (χ1n) is 9.98. The van der Waals surface area contributed by atoms with Crippen LogP contribution in [0.25, 0.3) is 0 Å². The minimum absolute atomic E-state index is 0.0731. The van der Waals surface area contributed by atoms with Gasteiger partial charge in [-0.1, -0.05) is 55.5 Å². The van der Waals surface area contributed by atoms with E-state index >= 15 is 0 Å². The van der Waals surface area contributed by atoms with Crippen LogP contribution >= 0.6 is 0 Å². The van der Waals surface area contributed by atoms with Crippen LogP contribution in [0, 0.1) is 0 Å². The molecule has 1 saturated heterocycles. The largest absolute Gasteiger partial charge is 0.481 e. The summed E-state index contributed by atoms with van der Waals surface area (Å²) in [6.45, 7) is 2.08. The lowest BCUT2D eigenvalue weighted by Gasteiger charge is -2.16. The van der Waals surface area contributed by atoms with Crippen molar-refractivity contribution in [3.05, 3.63) is 48.6 Å². The number of carboxylic acid groups (broad SMARTS) is 1. The molecule has 6 heteroatoms. The van der Waals surface area contributed by atoms with Gasteiger partial charge in [0.15, 0.2) is 0 Å². The van der Waals surface area contributed by atoms with Crippen LogP contribution in [0.3, 0.4) is 0 Å². The molecule has 1 aliphatic rings. The van der Waals surface area contributed by atoms with Gasteiger partial charge in [0.1, 0.15) is 0 Å². The predicted molar refractivity (Wildman–Crippen MR) is 109 cm³/mol. The summed E-state index contributed by atoms with van der Waals surface area (Å²) in [6, 6.07) is 0. The lowest BCUT2D eigenvalue weighted by Crippen LogP contribution is -2.24. The summed E-state index contributed by atoms with van der Waals surface area (Å²) in [7, 11) is 0. The van der Waals surface area contributed by atoms with Gasteiger partial charge in [-0.3, -0.25) is 4.79 Å². The van der Waals surface area contributed by atoms with Gasteiger partial charge in [0.05, 0.1) is 30.5 Å². The minimum atomic E-state index is -0.901. The molecule has 0 saturated carbocycles. The average Bonchev–Trinajstić information content (AvgIpc) is 3.03. The molecule has 0 spiro atoms. The molecule has 0 unspecified atom stereocenters. The van der Waals surface area contributed by atoms with E-state index in [2.05, 4.69) is 19.1 Å². The number of hydrogen-bond donors (Lipinski definition) is 4. The van der Waals surface area contributed by atoms with Crippen LogP contribution in [0.1, 0.15) is 51.9 Å². The second kappa shape index (κ2) is 14.3. The van der Waals surface area contributed by atoms with Crippen LogP contribution < -0.4 is 0 Å².